The average Bonchev–Trinajstić information content (AvgIpc) is 2.64. The van der Waals surface area contributed by atoms with Crippen LogP contribution in [0.5, 0.6) is 0 Å². The minimum Gasteiger partial charge on any atom is -0.481 e. The van der Waals surface area contributed by atoms with Gasteiger partial charge in [-0.1, -0.05) is 52.4 Å². The summed E-state index contributed by atoms with van der Waals surface area (Å²) in [6, 6.07) is -0.365. The number of aliphatic carboxylic acids is 1. The van der Waals surface area contributed by atoms with Crippen LogP contribution < -0.4 is 16.4 Å². The van der Waals surface area contributed by atoms with Crippen LogP contribution in [0.4, 0.5) is 0 Å². The Bertz CT molecular complexity index is 542. The molecule has 29 heavy (non-hydrogen) atoms. The van der Waals surface area contributed by atoms with Crippen molar-refractivity contribution in [2.75, 3.05) is 6.54 Å². The van der Waals surface area contributed by atoms with Crippen LogP contribution in [0.3, 0.4) is 0 Å². The quantitative estimate of drug-likeness (QED) is 0.191. The van der Waals surface area contributed by atoms with Crippen LogP contribution in [0.1, 0.15) is 85.5 Å². The van der Waals surface area contributed by atoms with Crippen molar-refractivity contribution in [1.29, 1.82) is 5.41 Å². The van der Waals surface area contributed by atoms with E-state index in [0.29, 0.717) is 12.5 Å². The number of carboxylic acid groups (broad SMARTS) is 1. The van der Waals surface area contributed by atoms with Gasteiger partial charge in [-0.25, -0.2) is 0 Å². The third-order valence-corrected chi connectivity index (χ3v) is 6.43. The molecule has 1 fully saturated rings. The molecule has 7 heteroatoms. The highest BCUT2D eigenvalue weighted by molar-refractivity contribution is 5.81. The standard InChI is InChI=1S/C22H42N4O3/c1-15(2)17(12-8-9-13-25-21(23)24)19(27)26-18(22(3,4)20(28)29)14-16-10-6-5-7-11-16/h15-18H,5-14H2,1-4H3,(H,26,27)(H,28,29)(H4,23,24,25)/t17-,18+/m1/s1. The molecule has 6 N–H and O–H groups in total. The first-order chi connectivity index (χ1) is 13.6. The van der Waals surface area contributed by atoms with Gasteiger partial charge in [0, 0.05) is 18.5 Å². The van der Waals surface area contributed by atoms with E-state index < -0.39 is 11.4 Å². The van der Waals surface area contributed by atoms with E-state index in [1.54, 1.807) is 13.8 Å². The molecule has 1 amide bonds. The molecule has 1 rings (SSSR count). The Morgan fingerprint density at radius 3 is 2.31 bits per heavy atom. The molecular formula is C22H42N4O3. The first-order valence-electron chi connectivity index (χ1n) is 11.2. The van der Waals surface area contributed by atoms with Gasteiger partial charge in [0.1, 0.15) is 0 Å². The highest BCUT2D eigenvalue weighted by Crippen LogP contribution is 2.33. The normalized spacial score (nSPS) is 17.6. The number of carbonyl (C=O) groups is 2. The zero-order valence-electron chi connectivity index (χ0n) is 18.7. The molecule has 1 aliphatic rings. The third-order valence-electron chi connectivity index (χ3n) is 6.43. The first-order valence-corrected chi connectivity index (χ1v) is 11.2. The lowest BCUT2D eigenvalue weighted by atomic mass is 9.75. The predicted octanol–water partition coefficient (Wildman–Crippen LogP) is 3.48. The Kier molecular flexibility index (Phi) is 10.5. The highest BCUT2D eigenvalue weighted by atomic mass is 16.4. The van der Waals surface area contributed by atoms with Gasteiger partial charge in [-0.3, -0.25) is 15.0 Å². The van der Waals surface area contributed by atoms with Crippen molar-refractivity contribution in [3.05, 3.63) is 0 Å². The summed E-state index contributed by atoms with van der Waals surface area (Å²) in [6.45, 7) is 8.15. The van der Waals surface area contributed by atoms with E-state index >= 15 is 0 Å². The van der Waals surface area contributed by atoms with Crippen molar-refractivity contribution >= 4 is 17.8 Å². The summed E-state index contributed by atoms with van der Waals surface area (Å²) in [4.78, 5) is 25.0. The van der Waals surface area contributed by atoms with Crippen LogP contribution in [-0.2, 0) is 9.59 Å². The summed E-state index contributed by atoms with van der Waals surface area (Å²) in [7, 11) is 0. The molecule has 0 aromatic rings. The summed E-state index contributed by atoms with van der Waals surface area (Å²) in [6.07, 6.45) is 9.06. The van der Waals surface area contributed by atoms with Crippen LogP contribution in [0.25, 0.3) is 0 Å². The van der Waals surface area contributed by atoms with Crippen molar-refractivity contribution in [2.24, 2.45) is 28.9 Å². The molecule has 168 valence electrons. The molecule has 7 nitrogen and oxygen atoms in total. The molecule has 0 saturated heterocycles. The van der Waals surface area contributed by atoms with Gasteiger partial charge >= 0.3 is 5.97 Å². The Labute approximate surface area is 176 Å². The van der Waals surface area contributed by atoms with Gasteiger partial charge in [-0.2, -0.15) is 0 Å². The molecule has 0 aliphatic heterocycles. The molecule has 0 aromatic carbocycles. The Morgan fingerprint density at radius 2 is 1.79 bits per heavy atom. The summed E-state index contributed by atoms with van der Waals surface area (Å²) in [5.41, 5.74) is 4.29. The average molecular weight is 411 g/mol. The Hall–Kier alpha value is -1.79. The lowest BCUT2D eigenvalue weighted by Crippen LogP contribution is -2.52. The lowest BCUT2D eigenvalue weighted by molar-refractivity contribution is -0.149. The van der Waals surface area contributed by atoms with Gasteiger partial charge in [-0.05, 0) is 44.9 Å². The van der Waals surface area contributed by atoms with Crippen molar-refractivity contribution in [3.63, 3.8) is 0 Å². The number of carboxylic acids is 1. The van der Waals surface area contributed by atoms with E-state index in [1.165, 1.54) is 19.3 Å². The van der Waals surface area contributed by atoms with E-state index in [9.17, 15) is 14.7 Å². The zero-order chi connectivity index (χ0) is 22.0. The second-order valence-corrected chi connectivity index (χ2v) is 9.51. The molecule has 0 radical (unpaired) electrons. The molecule has 2 atom stereocenters. The molecule has 1 aliphatic carbocycles. The largest absolute Gasteiger partial charge is 0.481 e. The molecule has 0 unspecified atom stereocenters. The molecule has 0 aromatic heterocycles. The van der Waals surface area contributed by atoms with E-state index in [1.807, 2.05) is 13.8 Å². The maximum Gasteiger partial charge on any atom is 0.311 e. The monoisotopic (exact) mass is 410 g/mol. The number of rotatable bonds is 12. The smallest absolute Gasteiger partial charge is 0.311 e. The second-order valence-electron chi connectivity index (χ2n) is 9.51. The lowest BCUT2D eigenvalue weighted by Gasteiger charge is -2.36. The van der Waals surface area contributed by atoms with Crippen LogP contribution in [0.15, 0.2) is 0 Å². The van der Waals surface area contributed by atoms with Crippen LogP contribution in [0.2, 0.25) is 0 Å². The van der Waals surface area contributed by atoms with Gasteiger partial charge in [-0.15, -0.1) is 0 Å². The molecule has 0 heterocycles. The van der Waals surface area contributed by atoms with E-state index in [-0.39, 0.29) is 29.7 Å². The molecule has 1 saturated carbocycles. The maximum atomic E-state index is 13.1. The summed E-state index contributed by atoms with van der Waals surface area (Å²) in [5.74, 6) is -0.415. The first kappa shape index (κ1) is 25.2. The van der Waals surface area contributed by atoms with Gasteiger partial charge in [0.25, 0.3) is 0 Å². The number of unbranched alkanes of at least 4 members (excludes halogenated alkanes) is 1. The zero-order valence-corrected chi connectivity index (χ0v) is 18.7. The molecular weight excluding hydrogens is 368 g/mol. The van der Waals surface area contributed by atoms with Crippen molar-refractivity contribution in [2.45, 2.75) is 91.5 Å². The Balaban J connectivity index is 2.75. The van der Waals surface area contributed by atoms with Crippen molar-refractivity contribution in [3.8, 4) is 0 Å². The van der Waals surface area contributed by atoms with Gasteiger partial charge in [0.15, 0.2) is 5.96 Å². The minimum atomic E-state index is -1.000. The SMILES string of the molecule is CC(C)[C@@H](CCCCNC(=N)N)C(=O)N[C@@H](CC1CCCCC1)C(C)(C)C(=O)O. The fraction of sp³-hybridized carbons (Fsp3) is 0.864. The number of amides is 1. The fourth-order valence-electron chi connectivity index (χ4n) is 4.20. The Morgan fingerprint density at radius 1 is 1.17 bits per heavy atom. The fourth-order valence-corrected chi connectivity index (χ4v) is 4.20. The number of nitrogens with one attached hydrogen (secondary N) is 3. The molecule has 0 bridgehead atoms. The predicted molar refractivity (Wildman–Crippen MR) is 117 cm³/mol. The summed E-state index contributed by atoms with van der Waals surface area (Å²) < 4.78 is 0. The van der Waals surface area contributed by atoms with E-state index in [2.05, 4.69) is 10.6 Å². The van der Waals surface area contributed by atoms with Crippen molar-refractivity contribution in [1.82, 2.24) is 10.6 Å². The van der Waals surface area contributed by atoms with Crippen LogP contribution in [-0.4, -0.2) is 35.5 Å². The second kappa shape index (κ2) is 12.0. The minimum absolute atomic E-state index is 0.0327. The number of nitrogens with two attached hydrogens (primary N) is 1. The number of guanidine groups is 1. The molecule has 0 spiro atoms. The summed E-state index contributed by atoms with van der Waals surface area (Å²) >= 11 is 0. The van der Waals surface area contributed by atoms with E-state index in [4.69, 9.17) is 11.1 Å². The van der Waals surface area contributed by atoms with Gasteiger partial charge in [0.2, 0.25) is 5.91 Å². The van der Waals surface area contributed by atoms with Gasteiger partial charge in [0.05, 0.1) is 5.41 Å². The number of hydrogen-bond acceptors (Lipinski definition) is 3. The highest BCUT2D eigenvalue weighted by Gasteiger charge is 2.40. The van der Waals surface area contributed by atoms with Crippen LogP contribution in [0, 0.1) is 28.6 Å². The topological polar surface area (TPSA) is 128 Å². The summed E-state index contributed by atoms with van der Waals surface area (Å²) in [5, 5.41) is 22.9. The number of carbonyl (C=O) groups excluding carboxylic acids is 1. The van der Waals surface area contributed by atoms with Gasteiger partial charge < -0.3 is 21.5 Å². The van der Waals surface area contributed by atoms with E-state index in [0.717, 1.165) is 38.5 Å². The maximum absolute atomic E-state index is 13.1. The van der Waals surface area contributed by atoms with Crippen molar-refractivity contribution < 1.29 is 14.7 Å². The third kappa shape index (κ3) is 8.62. The number of hydrogen-bond donors (Lipinski definition) is 5. The van der Waals surface area contributed by atoms with Crippen LogP contribution >= 0.6 is 0 Å².